The van der Waals surface area contributed by atoms with Crippen molar-refractivity contribution in [2.75, 3.05) is 18.5 Å². The van der Waals surface area contributed by atoms with E-state index < -0.39 is 0 Å². The zero-order valence-electron chi connectivity index (χ0n) is 15.6. The smallest absolute Gasteiger partial charge is 0.251 e. The number of amides is 2. The first kappa shape index (κ1) is 20.2. The van der Waals surface area contributed by atoms with Crippen LogP contribution < -0.4 is 15.4 Å². The molecule has 142 valence electrons. The monoisotopic (exact) mass is 368 g/mol. The fourth-order valence-corrected chi connectivity index (χ4v) is 2.43. The molecule has 0 spiro atoms. The Labute approximate surface area is 158 Å². The number of anilines is 1. The van der Waals surface area contributed by atoms with Crippen LogP contribution in [0, 0.1) is 0 Å². The lowest BCUT2D eigenvalue weighted by Gasteiger charge is -2.09. The molecular formula is C21H24N2O4. The summed E-state index contributed by atoms with van der Waals surface area (Å²) < 4.78 is 5.57. The molecule has 0 aliphatic heterocycles. The van der Waals surface area contributed by atoms with Gasteiger partial charge in [0.05, 0.1) is 6.61 Å². The van der Waals surface area contributed by atoms with Gasteiger partial charge < -0.3 is 15.4 Å². The average Bonchev–Trinajstić information content (AvgIpc) is 2.66. The zero-order chi connectivity index (χ0) is 19.6. The molecule has 0 unspecified atom stereocenters. The second-order valence-electron chi connectivity index (χ2n) is 6.02. The Morgan fingerprint density at radius 3 is 2.41 bits per heavy atom. The maximum Gasteiger partial charge on any atom is 0.251 e. The second kappa shape index (κ2) is 10.1. The highest BCUT2D eigenvalue weighted by molar-refractivity contribution is 5.97. The van der Waals surface area contributed by atoms with Crippen LogP contribution >= 0.6 is 0 Å². The number of ether oxygens (including phenoxy) is 1. The molecule has 0 aliphatic rings. The minimum absolute atomic E-state index is 0.00876. The SMILES string of the molecule is CCNC(=O)c1cccc(NC(=O)CCCOc2ccc(C(C)=O)cc2)c1. The number of carbonyl (C=O) groups excluding carboxylic acids is 3. The van der Waals surface area contributed by atoms with Gasteiger partial charge in [-0.1, -0.05) is 6.07 Å². The van der Waals surface area contributed by atoms with E-state index in [1.807, 2.05) is 6.92 Å². The molecule has 0 fully saturated rings. The van der Waals surface area contributed by atoms with Gasteiger partial charge in [0.2, 0.25) is 5.91 Å². The van der Waals surface area contributed by atoms with Gasteiger partial charge in [-0.25, -0.2) is 0 Å². The van der Waals surface area contributed by atoms with E-state index in [0.717, 1.165) is 0 Å². The quantitative estimate of drug-likeness (QED) is 0.524. The van der Waals surface area contributed by atoms with Gasteiger partial charge in [0.1, 0.15) is 5.75 Å². The summed E-state index contributed by atoms with van der Waals surface area (Å²) in [6.07, 6.45) is 0.854. The van der Waals surface area contributed by atoms with Gasteiger partial charge in [-0.05, 0) is 62.7 Å². The van der Waals surface area contributed by atoms with Crippen molar-refractivity contribution in [1.82, 2.24) is 5.32 Å². The third-order valence-electron chi connectivity index (χ3n) is 3.82. The third-order valence-corrected chi connectivity index (χ3v) is 3.82. The zero-order valence-corrected chi connectivity index (χ0v) is 15.6. The number of nitrogens with one attached hydrogen (secondary N) is 2. The lowest BCUT2D eigenvalue weighted by Crippen LogP contribution is -2.22. The summed E-state index contributed by atoms with van der Waals surface area (Å²) >= 11 is 0. The molecule has 6 nitrogen and oxygen atoms in total. The topological polar surface area (TPSA) is 84.5 Å². The van der Waals surface area contributed by atoms with E-state index in [1.165, 1.54) is 6.92 Å². The average molecular weight is 368 g/mol. The van der Waals surface area contributed by atoms with Crippen LogP contribution in [-0.2, 0) is 4.79 Å². The van der Waals surface area contributed by atoms with Crippen molar-refractivity contribution in [3.05, 3.63) is 59.7 Å². The molecular weight excluding hydrogens is 344 g/mol. The van der Waals surface area contributed by atoms with Crippen LogP contribution in [0.2, 0.25) is 0 Å². The summed E-state index contributed by atoms with van der Waals surface area (Å²) in [5, 5.41) is 5.51. The van der Waals surface area contributed by atoms with Crippen molar-refractivity contribution >= 4 is 23.3 Å². The summed E-state index contributed by atoms with van der Waals surface area (Å²) in [6.45, 7) is 4.31. The van der Waals surface area contributed by atoms with Crippen LogP contribution in [0.4, 0.5) is 5.69 Å². The first-order valence-corrected chi connectivity index (χ1v) is 8.91. The van der Waals surface area contributed by atoms with Crippen LogP contribution in [0.3, 0.4) is 0 Å². The van der Waals surface area contributed by atoms with E-state index in [9.17, 15) is 14.4 Å². The van der Waals surface area contributed by atoms with Crippen LogP contribution in [-0.4, -0.2) is 30.7 Å². The molecule has 0 aliphatic carbocycles. The molecule has 0 aromatic heterocycles. The lowest BCUT2D eigenvalue weighted by molar-refractivity contribution is -0.116. The Hall–Kier alpha value is -3.15. The molecule has 2 amide bonds. The summed E-state index contributed by atoms with van der Waals surface area (Å²) in [5.41, 5.74) is 1.73. The summed E-state index contributed by atoms with van der Waals surface area (Å²) in [4.78, 5) is 35.1. The lowest BCUT2D eigenvalue weighted by atomic mass is 10.1. The molecule has 2 N–H and O–H groups in total. The maximum atomic E-state index is 12.0. The molecule has 27 heavy (non-hydrogen) atoms. The molecule has 2 rings (SSSR count). The highest BCUT2D eigenvalue weighted by atomic mass is 16.5. The summed E-state index contributed by atoms with van der Waals surface area (Å²) in [7, 11) is 0. The number of ketones is 1. The predicted molar refractivity (Wildman–Crippen MR) is 104 cm³/mol. The Morgan fingerprint density at radius 2 is 1.74 bits per heavy atom. The van der Waals surface area contributed by atoms with E-state index in [4.69, 9.17) is 4.74 Å². The number of Topliss-reactive ketones (excluding diaryl/α,β-unsaturated/α-hetero) is 1. The standard InChI is InChI=1S/C21H24N2O4/c1-3-22-21(26)17-6-4-7-18(14-17)23-20(25)8-5-13-27-19-11-9-16(10-12-19)15(2)24/h4,6-7,9-12,14H,3,5,8,13H2,1-2H3,(H,22,26)(H,23,25). The Kier molecular flexibility index (Phi) is 7.55. The van der Waals surface area contributed by atoms with Gasteiger partial charge in [-0.15, -0.1) is 0 Å². The molecule has 0 bridgehead atoms. The van der Waals surface area contributed by atoms with Gasteiger partial charge in [-0.2, -0.15) is 0 Å². The first-order valence-electron chi connectivity index (χ1n) is 8.91. The molecule has 0 radical (unpaired) electrons. The van der Waals surface area contributed by atoms with Gasteiger partial charge in [0.25, 0.3) is 5.91 Å². The summed E-state index contributed by atoms with van der Waals surface area (Å²) in [5.74, 6) is 0.362. The highest BCUT2D eigenvalue weighted by Gasteiger charge is 2.07. The molecule has 6 heteroatoms. The molecule has 0 heterocycles. The molecule has 0 atom stereocenters. The highest BCUT2D eigenvalue weighted by Crippen LogP contribution is 2.14. The number of hydrogen-bond acceptors (Lipinski definition) is 4. The Balaban J connectivity index is 1.75. The fraction of sp³-hybridized carbons (Fsp3) is 0.286. The largest absolute Gasteiger partial charge is 0.494 e. The Bertz CT molecular complexity index is 800. The third kappa shape index (κ3) is 6.58. The fourth-order valence-electron chi connectivity index (χ4n) is 2.43. The predicted octanol–water partition coefficient (Wildman–Crippen LogP) is 3.44. The minimum atomic E-state index is -0.169. The van der Waals surface area contributed by atoms with Crippen molar-refractivity contribution < 1.29 is 19.1 Å². The van der Waals surface area contributed by atoms with Crippen molar-refractivity contribution in [1.29, 1.82) is 0 Å². The number of benzene rings is 2. The molecule has 0 saturated carbocycles. The van der Waals surface area contributed by atoms with E-state index in [0.29, 0.717) is 48.6 Å². The van der Waals surface area contributed by atoms with E-state index in [1.54, 1.807) is 48.5 Å². The molecule has 2 aromatic rings. The van der Waals surface area contributed by atoms with Crippen LogP contribution in [0.1, 0.15) is 47.4 Å². The van der Waals surface area contributed by atoms with Crippen LogP contribution in [0.25, 0.3) is 0 Å². The van der Waals surface area contributed by atoms with Crippen LogP contribution in [0.15, 0.2) is 48.5 Å². The minimum Gasteiger partial charge on any atom is -0.494 e. The second-order valence-corrected chi connectivity index (χ2v) is 6.02. The number of rotatable bonds is 9. The molecule has 2 aromatic carbocycles. The van der Waals surface area contributed by atoms with Crippen molar-refractivity contribution in [3.63, 3.8) is 0 Å². The van der Waals surface area contributed by atoms with Gasteiger partial charge in [-0.3, -0.25) is 14.4 Å². The maximum absolute atomic E-state index is 12.0. The van der Waals surface area contributed by atoms with Gasteiger partial charge in [0, 0.05) is 29.8 Å². The Morgan fingerprint density at radius 1 is 1.00 bits per heavy atom. The first-order chi connectivity index (χ1) is 13.0. The van der Waals surface area contributed by atoms with E-state index in [-0.39, 0.29) is 17.6 Å². The number of hydrogen-bond donors (Lipinski definition) is 2. The normalized spacial score (nSPS) is 10.1. The van der Waals surface area contributed by atoms with Crippen molar-refractivity contribution in [2.45, 2.75) is 26.7 Å². The van der Waals surface area contributed by atoms with E-state index >= 15 is 0 Å². The molecule has 0 saturated heterocycles. The van der Waals surface area contributed by atoms with Crippen LogP contribution in [0.5, 0.6) is 5.75 Å². The van der Waals surface area contributed by atoms with Crippen molar-refractivity contribution in [3.8, 4) is 5.75 Å². The van der Waals surface area contributed by atoms with Crippen molar-refractivity contribution in [2.24, 2.45) is 0 Å². The van der Waals surface area contributed by atoms with E-state index in [2.05, 4.69) is 10.6 Å². The number of carbonyl (C=O) groups is 3. The van der Waals surface area contributed by atoms with Gasteiger partial charge >= 0.3 is 0 Å². The van der Waals surface area contributed by atoms with Gasteiger partial charge in [0.15, 0.2) is 5.78 Å². The summed E-state index contributed by atoms with van der Waals surface area (Å²) in [6, 6.07) is 13.7.